The summed E-state index contributed by atoms with van der Waals surface area (Å²) in [5.74, 6) is 0. The quantitative estimate of drug-likeness (QED) is 0.868. The van der Waals surface area contributed by atoms with E-state index in [-0.39, 0.29) is 0 Å². The highest BCUT2D eigenvalue weighted by atomic mass is 16.3. The minimum absolute atomic E-state index is 0.462. The molecule has 1 aliphatic rings. The topological polar surface area (TPSA) is 23.5 Å². The molecule has 1 saturated heterocycles. The fourth-order valence-electron chi connectivity index (χ4n) is 2.69. The number of hydrogen-bond donors (Lipinski definition) is 1. The Labute approximate surface area is 111 Å². The van der Waals surface area contributed by atoms with E-state index in [4.69, 9.17) is 0 Å². The van der Waals surface area contributed by atoms with Crippen LogP contribution in [0.25, 0.3) is 0 Å². The second-order valence-electron chi connectivity index (χ2n) is 6.06. The molecule has 1 fully saturated rings. The first-order valence-electron chi connectivity index (χ1n) is 6.97. The van der Waals surface area contributed by atoms with Crippen molar-refractivity contribution in [2.45, 2.75) is 52.2 Å². The molecular formula is C16H25NO. The Balaban J connectivity index is 2.03. The van der Waals surface area contributed by atoms with Crippen LogP contribution < -0.4 is 0 Å². The monoisotopic (exact) mass is 247 g/mol. The molecular weight excluding hydrogens is 222 g/mol. The molecule has 1 aromatic rings. The Hall–Kier alpha value is -0.860. The Bertz CT molecular complexity index is 412. The molecule has 18 heavy (non-hydrogen) atoms. The van der Waals surface area contributed by atoms with Crippen molar-refractivity contribution >= 4 is 0 Å². The lowest BCUT2D eigenvalue weighted by Crippen LogP contribution is -2.28. The first-order chi connectivity index (χ1) is 8.46. The summed E-state index contributed by atoms with van der Waals surface area (Å²) in [5.41, 5.74) is 3.67. The average Bonchev–Trinajstić information content (AvgIpc) is 2.46. The fourth-order valence-corrected chi connectivity index (χ4v) is 2.69. The molecule has 0 amide bonds. The van der Waals surface area contributed by atoms with Crippen LogP contribution in [0.15, 0.2) is 18.2 Å². The molecule has 1 heterocycles. The van der Waals surface area contributed by atoms with Crippen molar-refractivity contribution in [3.63, 3.8) is 0 Å². The van der Waals surface area contributed by atoms with Gasteiger partial charge in [-0.05, 0) is 57.7 Å². The summed E-state index contributed by atoms with van der Waals surface area (Å²) in [6.07, 6.45) is 2.91. The average molecular weight is 247 g/mol. The number of aryl methyl sites for hydroxylation is 2. The number of likely N-dealkylation sites (tertiary alicyclic amines) is 1. The van der Waals surface area contributed by atoms with Crippen molar-refractivity contribution in [1.29, 1.82) is 0 Å². The smallest absolute Gasteiger partial charge is 0.0632 e. The van der Waals surface area contributed by atoms with Crippen LogP contribution in [-0.4, -0.2) is 28.7 Å². The molecule has 1 unspecified atom stereocenters. The van der Waals surface area contributed by atoms with Gasteiger partial charge >= 0.3 is 0 Å². The lowest BCUT2D eigenvalue weighted by molar-refractivity contribution is 0.0444. The van der Waals surface area contributed by atoms with E-state index in [9.17, 15) is 5.11 Å². The van der Waals surface area contributed by atoms with Gasteiger partial charge in [0.15, 0.2) is 0 Å². The first kappa shape index (κ1) is 13.6. The number of hydrogen-bond acceptors (Lipinski definition) is 2. The molecule has 0 bridgehead atoms. The van der Waals surface area contributed by atoms with Gasteiger partial charge in [-0.2, -0.15) is 0 Å². The third-order valence-electron chi connectivity index (χ3n) is 4.05. The van der Waals surface area contributed by atoms with Gasteiger partial charge in [0, 0.05) is 13.1 Å². The van der Waals surface area contributed by atoms with Gasteiger partial charge in [0.25, 0.3) is 0 Å². The zero-order valence-electron chi connectivity index (χ0n) is 11.9. The highest BCUT2D eigenvalue weighted by Gasteiger charge is 2.24. The minimum atomic E-state index is -0.462. The second-order valence-corrected chi connectivity index (χ2v) is 6.06. The second kappa shape index (κ2) is 5.41. The van der Waals surface area contributed by atoms with Gasteiger partial charge in [0.1, 0.15) is 0 Å². The van der Waals surface area contributed by atoms with E-state index in [2.05, 4.69) is 36.9 Å². The van der Waals surface area contributed by atoms with E-state index < -0.39 is 5.60 Å². The Morgan fingerprint density at radius 3 is 2.78 bits per heavy atom. The van der Waals surface area contributed by atoms with E-state index in [1.54, 1.807) is 0 Å². The summed E-state index contributed by atoms with van der Waals surface area (Å²) in [6, 6.07) is 6.67. The van der Waals surface area contributed by atoms with E-state index in [0.29, 0.717) is 0 Å². The summed E-state index contributed by atoms with van der Waals surface area (Å²) >= 11 is 0. The van der Waals surface area contributed by atoms with E-state index >= 15 is 0 Å². The van der Waals surface area contributed by atoms with Crippen LogP contribution in [0.3, 0.4) is 0 Å². The fraction of sp³-hybridized carbons (Fsp3) is 0.625. The van der Waals surface area contributed by atoms with E-state index in [1.807, 2.05) is 6.92 Å². The van der Waals surface area contributed by atoms with Crippen molar-refractivity contribution < 1.29 is 5.11 Å². The highest BCUT2D eigenvalue weighted by molar-refractivity contribution is 5.30. The molecule has 0 radical (unpaired) electrons. The third kappa shape index (κ3) is 3.56. The van der Waals surface area contributed by atoms with Crippen molar-refractivity contribution in [3.8, 4) is 0 Å². The van der Waals surface area contributed by atoms with Crippen LogP contribution in [0.4, 0.5) is 0 Å². The maximum atomic E-state index is 10.1. The molecule has 0 spiro atoms. The zero-order valence-corrected chi connectivity index (χ0v) is 11.9. The molecule has 0 aliphatic carbocycles. The zero-order chi connectivity index (χ0) is 13.2. The van der Waals surface area contributed by atoms with Gasteiger partial charge in [-0.3, -0.25) is 4.90 Å². The number of rotatable bonds is 2. The van der Waals surface area contributed by atoms with Crippen LogP contribution in [0.5, 0.6) is 0 Å². The first-order valence-corrected chi connectivity index (χ1v) is 6.97. The molecule has 1 N–H and O–H groups in total. The van der Waals surface area contributed by atoms with Crippen LogP contribution in [0, 0.1) is 13.8 Å². The maximum Gasteiger partial charge on any atom is 0.0632 e. The predicted molar refractivity (Wildman–Crippen MR) is 75.7 cm³/mol. The normalized spacial score (nSPS) is 26.0. The van der Waals surface area contributed by atoms with Gasteiger partial charge in [0.2, 0.25) is 0 Å². The molecule has 1 aliphatic heterocycles. The Morgan fingerprint density at radius 2 is 2.00 bits per heavy atom. The largest absolute Gasteiger partial charge is 0.390 e. The van der Waals surface area contributed by atoms with Gasteiger partial charge < -0.3 is 5.11 Å². The summed E-state index contributed by atoms with van der Waals surface area (Å²) in [6.45, 7) is 9.42. The third-order valence-corrected chi connectivity index (χ3v) is 4.05. The lowest BCUT2D eigenvalue weighted by Gasteiger charge is -2.23. The van der Waals surface area contributed by atoms with Crippen molar-refractivity contribution in [1.82, 2.24) is 4.90 Å². The molecule has 2 heteroatoms. The minimum Gasteiger partial charge on any atom is -0.390 e. The number of nitrogens with zero attached hydrogens (tertiary/aromatic N) is 1. The van der Waals surface area contributed by atoms with Crippen LogP contribution in [0.2, 0.25) is 0 Å². The van der Waals surface area contributed by atoms with E-state index in [1.165, 1.54) is 16.7 Å². The SMILES string of the molecule is Cc1ccc(C)c(CN2CCCC(C)(O)CC2)c1. The van der Waals surface area contributed by atoms with Crippen LogP contribution in [0.1, 0.15) is 42.9 Å². The van der Waals surface area contributed by atoms with Gasteiger partial charge in [-0.1, -0.05) is 23.8 Å². The number of aliphatic hydroxyl groups is 1. The van der Waals surface area contributed by atoms with Gasteiger partial charge in [0.05, 0.1) is 5.60 Å². The molecule has 100 valence electrons. The summed E-state index contributed by atoms with van der Waals surface area (Å²) < 4.78 is 0. The maximum absolute atomic E-state index is 10.1. The van der Waals surface area contributed by atoms with Gasteiger partial charge in [-0.25, -0.2) is 0 Å². The molecule has 0 saturated carbocycles. The molecule has 1 aromatic carbocycles. The van der Waals surface area contributed by atoms with Crippen LogP contribution in [-0.2, 0) is 6.54 Å². The highest BCUT2D eigenvalue weighted by Crippen LogP contribution is 2.23. The summed E-state index contributed by atoms with van der Waals surface area (Å²) in [4.78, 5) is 2.48. The molecule has 2 rings (SSSR count). The number of benzene rings is 1. The predicted octanol–water partition coefficient (Wildman–Crippen LogP) is 3.04. The van der Waals surface area contributed by atoms with E-state index in [0.717, 1.165) is 38.9 Å². The Kier molecular flexibility index (Phi) is 4.08. The van der Waals surface area contributed by atoms with Gasteiger partial charge in [-0.15, -0.1) is 0 Å². The molecule has 2 nitrogen and oxygen atoms in total. The molecule has 0 aromatic heterocycles. The lowest BCUT2D eigenvalue weighted by atomic mass is 9.98. The standard InChI is InChI=1S/C16H25NO/c1-13-5-6-14(2)15(11-13)12-17-9-4-7-16(3,18)8-10-17/h5-6,11,18H,4,7-10,12H2,1-3H3. The van der Waals surface area contributed by atoms with Crippen molar-refractivity contribution in [2.24, 2.45) is 0 Å². The summed E-state index contributed by atoms with van der Waals surface area (Å²) in [7, 11) is 0. The van der Waals surface area contributed by atoms with Crippen molar-refractivity contribution in [2.75, 3.05) is 13.1 Å². The summed E-state index contributed by atoms with van der Waals surface area (Å²) in [5, 5.41) is 10.1. The van der Waals surface area contributed by atoms with Crippen LogP contribution >= 0.6 is 0 Å². The Morgan fingerprint density at radius 1 is 1.22 bits per heavy atom. The van der Waals surface area contributed by atoms with Crippen molar-refractivity contribution in [3.05, 3.63) is 34.9 Å². The molecule has 1 atom stereocenters.